The summed E-state index contributed by atoms with van der Waals surface area (Å²) in [5.41, 5.74) is 1.30. The molecule has 3 nitrogen and oxygen atoms in total. The van der Waals surface area contributed by atoms with Gasteiger partial charge in [-0.1, -0.05) is 12.1 Å². The Balaban J connectivity index is 1.89. The molecule has 0 bridgehead atoms. The first kappa shape index (κ1) is 12.9. The molecule has 0 spiro atoms. The first-order chi connectivity index (χ1) is 9.16. The van der Waals surface area contributed by atoms with Gasteiger partial charge in [0, 0.05) is 31.2 Å². The monoisotopic (exact) mass is 264 g/mol. The fraction of sp³-hybridized carbons (Fsp3) is 0.600. The highest BCUT2D eigenvalue weighted by atomic mass is 19.1. The number of para-hydroxylation sites is 1. The summed E-state index contributed by atoms with van der Waals surface area (Å²) in [5, 5.41) is 9.84. The predicted octanol–water partition coefficient (Wildman–Crippen LogP) is 2.16. The van der Waals surface area contributed by atoms with Crippen LogP contribution in [0.5, 0.6) is 0 Å². The van der Waals surface area contributed by atoms with E-state index in [0.29, 0.717) is 17.3 Å². The smallest absolute Gasteiger partial charge is 0.146 e. The van der Waals surface area contributed by atoms with Gasteiger partial charge >= 0.3 is 0 Å². The number of benzene rings is 1. The van der Waals surface area contributed by atoms with Crippen molar-refractivity contribution in [2.75, 3.05) is 31.1 Å². The van der Waals surface area contributed by atoms with Crippen LogP contribution in [0.1, 0.15) is 31.4 Å². The average molecular weight is 264 g/mol. The molecule has 0 saturated carbocycles. The van der Waals surface area contributed by atoms with Gasteiger partial charge in [-0.25, -0.2) is 4.39 Å². The van der Waals surface area contributed by atoms with Gasteiger partial charge in [-0.15, -0.1) is 0 Å². The molecule has 2 saturated heterocycles. The van der Waals surface area contributed by atoms with E-state index in [0.717, 1.165) is 19.6 Å². The molecule has 0 aromatic heterocycles. The van der Waals surface area contributed by atoms with Crippen molar-refractivity contribution in [2.45, 2.75) is 31.9 Å². The van der Waals surface area contributed by atoms with Crippen LogP contribution >= 0.6 is 0 Å². The molecule has 0 amide bonds. The topological polar surface area (TPSA) is 26.7 Å². The summed E-state index contributed by atoms with van der Waals surface area (Å²) in [5.74, 6) is -0.218. The van der Waals surface area contributed by atoms with E-state index in [4.69, 9.17) is 0 Å². The number of halogens is 1. The lowest BCUT2D eigenvalue weighted by atomic mass is 10.0. The summed E-state index contributed by atoms with van der Waals surface area (Å²) >= 11 is 0. The molecular formula is C15H21FN2O. The first-order valence-electron chi connectivity index (χ1n) is 7.12. The molecule has 0 radical (unpaired) electrons. The van der Waals surface area contributed by atoms with Gasteiger partial charge in [0.25, 0.3) is 0 Å². The predicted molar refractivity (Wildman–Crippen MR) is 73.8 cm³/mol. The minimum Gasteiger partial charge on any atom is -0.389 e. The molecular weight excluding hydrogens is 243 g/mol. The molecule has 2 aliphatic rings. The Kier molecular flexibility index (Phi) is 3.46. The molecule has 2 fully saturated rings. The molecule has 3 rings (SSSR count). The molecule has 1 unspecified atom stereocenters. The average Bonchev–Trinajstić information content (AvgIpc) is 2.85. The van der Waals surface area contributed by atoms with Crippen LogP contribution in [-0.2, 0) is 0 Å². The standard InChI is InChI=1S/C15H21FN2O/c1-11(19)13-5-2-6-14(16)15(13)18-9-8-17-7-3-4-12(17)10-18/h2,5-6,11-12,19H,3-4,7-10H2,1H3/t11-,12?/m0/s1. The number of anilines is 1. The number of piperazine rings is 1. The summed E-state index contributed by atoms with van der Waals surface area (Å²) < 4.78 is 14.2. The van der Waals surface area contributed by atoms with E-state index in [1.165, 1.54) is 25.5 Å². The third-order valence-electron chi connectivity index (χ3n) is 4.37. The van der Waals surface area contributed by atoms with Crippen molar-refractivity contribution >= 4 is 5.69 Å². The van der Waals surface area contributed by atoms with Crippen molar-refractivity contribution < 1.29 is 9.50 Å². The normalized spacial score (nSPS) is 25.4. The number of aliphatic hydroxyl groups excluding tert-OH is 1. The lowest BCUT2D eigenvalue weighted by molar-refractivity contribution is 0.197. The van der Waals surface area contributed by atoms with E-state index in [-0.39, 0.29) is 5.82 Å². The quantitative estimate of drug-likeness (QED) is 0.887. The minimum absolute atomic E-state index is 0.218. The Morgan fingerprint density at radius 1 is 1.32 bits per heavy atom. The molecule has 4 heteroatoms. The van der Waals surface area contributed by atoms with E-state index in [1.807, 2.05) is 6.07 Å². The van der Waals surface area contributed by atoms with Crippen LogP contribution in [0.4, 0.5) is 10.1 Å². The van der Waals surface area contributed by atoms with E-state index >= 15 is 0 Å². The van der Waals surface area contributed by atoms with Crippen molar-refractivity contribution in [3.63, 3.8) is 0 Å². The largest absolute Gasteiger partial charge is 0.389 e. The number of fused-ring (bicyclic) bond motifs is 1. The molecule has 2 atom stereocenters. The zero-order chi connectivity index (χ0) is 13.4. The Morgan fingerprint density at radius 3 is 2.95 bits per heavy atom. The molecule has 1 aromatic carbocycles. The number of rotatable bonds is 2. The van der Waals surface area contributed by atoms with E-state index in [2.05, 4.69) is 9.80 Å². The zero-order valence-corrected chi connectivity index (χ0v) is 11.3. The lowest BCUT2D eigenvalue weighted by Gasteiger charge is -2.39. The maximum absolute atomic E-state index is 14.2. The summed E-state index contributed by atoms with van der Waals surface area (Å²) in [6.45, 7) is 5.60. The Bertz CT molecular complexity index is 463. The fourth-order valence-corrected chi connectivity index (χ4v) is 3.40. The second kappa shape index (κ2) is 5.10. The molecule has 19 heavy (non-hydrogen) atoms. The van der Waals surface area contributed by atoms with E-state index in [1.54, 1.807) is 13.0 Å². The highest BCUT2D eigenvalue weighted by molar-refractivity contribution is 5.56. The van der Waals surface area contributed by atoms with Gasteiger partial charge in [-0.05, 0) is 32.4 Å². The first-order valence-corrected chi connectivity index (χ1v) is 7.12. The van der Waals surface area contributed by atoms with Crippen LogP contribution in [0.25, 0.3) is 0 Å². The Morgan fingerprint density at radius 2 is 2.16 bits per heavy atom. The van der Waals surface area contributed by atoms with Crippen LogP contribution < -0.4 is 4.90 Å². The van der Waals surface area contributed by atoms with Crippen LogP contribution in [-0.4, -0.2) is 42.2 Å². The van der Waals surface area contributed by atoms with Crippen molar-refractivity contribution in [1.82, 2.24) is 4.90 Å². The maximum atomic E-state index is 14.2. The summed E-state index contributed by atoms with van der Waals surface area (Å²) in [7, 11) is 0. The highest BCUT2D eigenvalue weighted by Crippen LogP contribution is 2.32. The van der Waals surface area contributed by atoms with E-state index < -0.39 is 6.10 Å². The van der Waals surface area contributed by atoms with Gasteiger partial charge in [0.15, 0.2) is 0 Å². The Labute approximate surface area is 113 Å². The van der Waals surface area contributed by atoms with Gasteiger partial charge in [0.1, 0.15) is 5.82 Å². The molecule has 2 aliphatic heterocycles. The van der Waals surface area contributed by atoms with Crippen LogP contribution in [0, 0.1) is 5.82 Å². The van der Waals surface area contributed by atoms with Crippen molar-refractivity contribution in [3.8, 4) is 0 Å². The molecule has 1 aromatic rings. The second-order valence-electron chi connectivity index (χ2n) is 5.63. The van der Waals surface area contributed by atoms with Crippen LogP contribution in [0.15, 0.2) is 18.2 Å². The highest BCUT2D eigenvalue weighted by Gasteiger charge is 2.32. The van der Waals surface area contributed by atoms with Gasteiger partial charge in [-0.3, -0.25) is 4.90 Å². The fourth-order valence-electron chi connectivity index (χ4n) is 3.40. The van der Waals surface area contributed by atoms with Crippen LogP contribution in [0.2, 0.25) is 0 Å². The molecule has 2 heterocycles. The number of hydrogen-bond donors (Lipinski definition) is 1. The molecule has 1 N–H and O–H groups in total. The summed E-state index contributed by atoms with van der Waals surface area (Å²) in [6.07, 6.45) is 1.82. The lowest BCUT2D eigenvalue weighted by Crippen LogP contribution is -2.50. The third-order valence-corrected chi connectivity index (χ3v) is 4.37. The number of nitrogens with zero attached hydrogens (tertiary/aromatic N) is 2. The molecule has 104 valence electrons. The van der Waals surface area contributed by atoms with Crippen molar-refractivity contribution in [3.05, 3.63) is 29.6 Å². The van der Waals surface area contributed by atoms with Gasteiger partial charge in [0.05, 0.1) is 11.8 Å². The number of aliphatic hydroxyl groups is 1. The van der Waals surface area contributed by atoms with Crippen molar-refractivity contribution in [2.24, 2.45) is 0 Å². The van der Waals surface area contributed by atoms with Crippen LogP contribution in [0.3, 0.4) is 0 Å². The Hall–Kier alpha value is -1.13. The summed E-state index contributed by atoms with van der Waals surface area (Å²) in [4.78, 5) is 4.61. The maximum Gasteiger partial charge on any atom is 0.146 e. The minimum atomic E-state index is -0.632. The van der Waals surface area contributed by atoms with Gasteiger partial charge in [-0.2, -0.15) is 0 Å². The zero-order valence-electron chi connectivity index (χ0n) is 11.3. The van der Waals surface area contributed by atoms with Crippen molar-refractivity contribution in [1.29, 1.82) is 0 Å². The van der Waals surface area contributed by atoms with Gasteiger partial charge < -0.3 is 10.0 Å². The molecule has 0 aliphatic carbocycles. The third kappa shape index (κ3) is 2.35. The number of hydrogen-bond acceptors (Lipinski definition) is 3. The SMILES string of the molecule is C[C@H](O)c1cccc(F)c1N1CCN2CCCC2C1. The van der Waals surface area contributed by atoms with Gasteiger partial charge in [0.2, 0.25) is 0 Å². The van der Waals surface area contributed by atoms with E-state index in [9.17, 15) is 9.50 Å². The summed E-state index contributed by atoms with van der Waals surface area (Å²) in [6, 6.07) is 5.54. The second-order valence-corrected chi connectivity index (χ2v) is 5.63.